The van der Waals surface area contributed by atoms with Crippen LogP contribution in [0.25, 0.3) is 0 Å². The number of carbonyl (C=O) groups is 2. The fourth-order valence-corrected chi connectivity index (χ4v) is 2.24. The maximum absolute atomic E-state index is 12.4. The predicted octanol–water partition coefficient (Wildman–Crippen LogP) is 2.46. The van der Waals surface area contributed by atoms with Crippen LogP contribution in [-0.4, -0.2) is 33.3 Å². The standard InChI is InChI=1S/C17H14O7/c1-20-14-5-10(8-18)6-15(21-2)16(14)24-17(19)11-3-4-12-13(7-11)23-9-22-12/h3-8H,9H2,1-2H3. The minimum Gasteiger partial charge on any atom is -0.493 e. The van der Waals surface area contributed by atoms with Crippen LogP contribution in [0.3, 0.4) is 0 Å². The zero-order valence-corrected chi connectivity index (χ0v) is 13.0. The van der Waals surface area contributed by atoms with Gasteiger partial charge < -0.3 is 23.7 Å². The van der Waals surface area contributed by atoms with Crippen molar-refractivity contribution in [2.75, 3.05) is 21.0 Å². The van der Waals surface area contributed by atoms with E-state index in [-0.39, 0.29) is 29.6 Å². The third-order valence-electron chi connectivity index (χ3n) is 3.42. The van der Waals surface area contributed by atoms with Gasteiger partial charge in [0.25, 0.3) is 0 Å². The van der Waals surface area contributed by atoms with Crippen molar-refractivity contribution in [1.29, 1.82) is 0 Å². The third kappa shape index (κ3) is 2.83. The van der Waals surface area contributed by atoms with Gasteiger partial charge in [-0.2, -0.15) is 0 Å². The summed E-state index contributed by atoms with van der Waals surface area (Å²) in [4.78, 5) is 23.4. The van der Waals surface area contributed by atoms with E-state index in [1.807, 2.05) is 0 Å². The molecule has 124 valence electrons. The van der Waals surface area contributed by atoms with Gasteiger partial charge in [-0.05, 0) is 30.3 Å². The molecule has 0 bridgehead atoms. The third-order valence-corrected chi connectivity index (χ3v) is 3.42. The van der Waals surface area contributed by atoms with Crippen molar-refractivity contribution in [3.63, 3.8) is 0 Å². The van der Waals surface area contributed by atoms with Crippen molar-refractivity contribution in [3.05, 3.63) is 41.5 Å². The molecule has 1 aliphatic rings. The summed E-state index contributed by atoms with van der Waals surface area (Å²) in [5.41, 5.74) is 0.620. The summed E-state index contributed by atoms with van der Waals surface area (Å²) in [6.45, 7) is 0.114. The van der Waals surface area contributed by atoms with E-state index in [9.17, 15) is 9.59 Å². The Kier molecular flexibility index (Phi) is 4.24. The first kappa shape index (κ1) is 15.7. The molecule has 0 unspecified atom stereocenters. The van der Waals surface area contributed by atoms with E-state index in [4.69, 9.17) is 23.7 Å². The first-order valence-corrected chi connectivity index (χ1v) is 6.99. The number of rotatable bonds is 5. The van der Waals surface area contributed by atoms with E-state index < -0.39 is 5.97 Å². The molecule has 0 saturated carbocycles. The first-order valence-electron chi connectivity index (χ1n) is 6.99. The van der Waals surface area contributed by atoms with Gasteiger partial charge in [-0.1, -0.05) is 0 Å². The maximum atomic E-state index is 12.4. The van der Waals surface area contributed by atoms with Crippen LogP contribution >= 0.6 is 0 Å². The fraction of sp³-hybridized carbons (Fsp3) is 0.176. The molecule has 3 rings (SSSR count). The van der Waals surface area contributed by atoms with Crippen LogP contribution < -0.4 is 23.7 Å². The van der Waals surface area contributed by atoms with Crippen LogP contribution in [0.1, 0.15) is 20.7 Å². The van der Waals surface area contributed by atoms with Crippen LogP contribution in [0, 0.1) is 0 Å². The topological polar surface area (TPSA) is 80.3 Å². The second-order valence-corrected chi connectivity index (χ2v) is 4.83. The van der Waals surface area contributed by atoms with Gasteiger partial charge in [-0.15, -0.1) is 0 Å². The van der Waals surface area contributed by atoms with Gasteiger partial charge in [-0.3, -0.25) is 4.79 Å². The highest BCUT2D eigenvalue weighted by Crippen LogP contribution is 2.39. The van der Waals surface area contributed by atoms with E-state index in [1.54, 1.807) is 12.1 Å². The van der Waals surface area contributed by atoms with Crippen LogP contribution in [-0.2, 0) is 0 Å². The average molecular weight is 330 g/mol. The summed E-state index contributed by atoms with van der Waals surface area (Å²) < 4.78 is 26.2. The van der Waals surface area contributed by atoms with Gasteiger partial charge in [-0.25, -0.2) is 4.79 Å². The molecule has 2 aromatic carbocycles. The Hall–Kier alpha value is -3.22. The first-order chi connectivity index (χ1) is 11.7. The SMILES string of the molecule is COc1cc(C=O)cc(OC)c1OC(=O)c1ccc2c(c1)OCO2. The number of aldehydes is 1. The lowest BCUT2D eigenvalue weighted by Crippen LogP contribution is -2.10. The minimum atomic E-state index is -0.622. The van der Waals surface area contributed by atoms with E-state index in [1.165, 1.54) is 32.4 Å². The monoisotopic (exact) mass is 330 g/mol. The second kappa shape index (κ2) is 6.49. The van der Waals surface area contributed by atoms with Gasteiger partial charge >= 0.3 is 5.97 Å². The summed E-state index contributed by atoms with van der Waals surface area (Å²) in [6, 6.07) is 7.64. The molecule has 0 N–H and O–H groups in total. The van der Waals surface area contributed by atoms with Gasteiger partial charge in [0.1, 0.15) is 6.29 Å². The van der Waals surface area contributed by atoms with Gasteiger partial charge in [0, 0.05) is 5.56 Å². The number of hydrogen-bond donors (Lipinski definition) is 0. The van der Waals surface area contributed by atoms with Crippen molar-refractivity contribution < 1.29 is 33.3 Å². The van der Waals surface area contributed by atoms with Crippen molar-refractivity contribution in [1.82, 2.24) is 0 Å². The molecule has 0 aromatic heterocycles. The van der Waals surface area contributed by atoms with Gasteiger partial charge in [0.2, 0.25) is 12.5 Å². The molecule has 0 amide bonds. The summed E-state index contributed by atoms with van der Waals surface area (Å²) in [6.07, 6.45) is 0.647. The normalized spacial score (nSPS) is 11.8. The molecule has 2 aromatic rings. The highest BCUT2D eigenvalue weighted by molar-refractivity contribution is 5.93. The highest BCUT2D eigenvalue weighted by atomic mass is 16.7. The number of ether oxygens (including phenoxy) is 5. The molecule has 0 atom stereocenters. The second-order valence-electron chi connectivity index (χ2n) is 4.83. The number of fused-ring (bicyclic) bond motifs is 1. The number of benzene rings is 2. The molecular weight excluding hydrogens is 316 g/mol. The fourth-order valence-electron chi connectivity index (χ4n) is 2.24. The van der Waals surface area contributed by atoms with Crippen molar-refractivity contribution in [2.45, 2.75) is 0 Å². The lowest BCUT2D eigenvalue weighted by Gasteiger charge is -2.14. The number of hydrogen-bond acceptors (Lipinski definition) is 7. The van der Waals surface area contributed by atoms with Gasteiger partial charge in [0.15, 0.2) is 23.0 Å². The quantitative estimate of drug-likeness (QED) is 0.473. The van der Waals surface area contributed by atoms with Crippen molar-refractivity contribution in [2.24, 2.45) is 0 Å². The van der Waals surface area contributed by atoms with E-state index in [2.05, 4.69) is 0 Å². The predicted molar refractivity (Wildman–Crippen MR) is 82.5 cm³/mol. The maximum Gasteiger partial charge on any atom is 0.343 e. The number of methoxy groups -OCH3 is 2. The largest absolute Gasteiger partial charge is 0.493 e. The lowest BCUT2D eigenvalue weighted by atomic mass is 10.2. The van der Waals surface area contributed by atoms with Crippen LogP contribution in [0.5, 0.6) is 28.7 Å². The van der Waals surface area contributed by atoms with E-state index >= 15 is 0 Å². The van der Waals surface area contributed by atoms with E-state index in [0.29, 0.717) is 23.3 Å². The zero-order chi connectivity index (χ0) is 17.1. The lowest BCUT2D eigenvalue weighted by molar-refractivity contribution is 0.0724. The minimum absolute atomic E-state index is 0.0910. The van der Waals surface area contributed by atoms with Gasteiger partial charge in [0.05, 0.1) is 19.8 Å². The zero-order valence-electron chi connectivity index (χ0n) is 13.0. The summed E-state index contributed by atoms with van der Waals surface area (Å²) in [7, 11) is 2.81. The summed E-state index contributed by atoms with van der Waals surface area (Å²) in [5.74, 6) is 0.935. The Morgan fingerprint density at radius 3 is 2.33 bits per heavy atom. The molecular formula is C17H14O7. The average Bonchev–Trinajstić information content (AvgIpc) is 3.09. The highest BCUT2D eigenvalue weighted by Gasteiger charge is 2.21. The van der Waals surface area contributed by atoms with Crippen molar-refractivity contribution in [3.8, 4) is 28.7 Å². The Labute approximate surface area is 137 Å². The molecule has 0 aliphatic carbocycles. The van der Waals surface area contributed by atoms with E-state index in [0.717, 1.165) is 0 Å². The van der Waals surface area contributed by atoms with Crippen LogP contribution in [0.15, 0.2) is 30.3 Å². The number of esters is 1. The van der Waals surface area contributed by atoms with Crippen LogP contribution in [0.4, 0.5) is 0 Å². The molecule has 0 radical (unpaired) electrons. The molecule has 0 saturated heterocycles. The molecule has 0 spiro atoms. The van der Waals surface area contributed by atoms with Crippen molar-refractivity contribution >= 4 is 12.3 Å². The summed E-state index contributed by atoms with van der Waals surface area (Å²) >= 11 is 0. The Morgan fingerprint density at radius 2 is 1.71 bits per heavy atom. The molecule has 24 heavy (non-hydrogen) atoms. The Balaban J connectivity index is 1.92. The molecule has 1 aliphatic heterocycles. The smallest absolute Gasteiger partial charge is 0.343 e. The molecule has 0 fully saturated rings. The number of carbonyl (C=O) groups excluding carboxylic acids is 2. The van der Waals surface area contributed by atoms with Crippen LogP contribution in [0.2, 0.25) is 0 Å². The molecule has 7 heteroatoms. The Bertz CT molecular complexity index is 773. The summed E-state index contributed by atoms with van der Waals surface area (Å²) in [5, 5.41) is 0. The Morgan fingerprint density at radius 1 is 1.04 bits per heavy atom. The molecule has 7 nitrogen and oxygen atoms in total. The molecule has 1 heterocycles.